The Kier molecular flexibility index (Phi) is 5.15. The van der Waals surface area contributed by atoms with Gasteiger partial charge in [-0.25, -0.2) is 4.79 Å². The predicted molar refractivity (Wildman–Crippen MR) is 77.0 cm³/mol. The zero-order chi connectivity index (χ0) is 14.6. The van der Waals surface area contributed by atoms with Crippen LogP contribution in [-0.2, 0) is 9.53 Å². The van der Waals surface area contributed by atoms with Gasteiger partial charge in [0.15, 0.2) is 0 Å². The normalized spacial score (nSPS) is 33.6. The first-order valence-corrected chi connectivity index (χ1v) is 8.04. The lowest BCUT2D eigenvalue weighted by Gasteiger charge is -2.26. The van der Waals surface area contributed by atoms with Gasteiger partial charge in [0, 0.05) is 11.8 Å². The van der Waals surface area contributed by atoms with E-state index in [1.165, 1.54) is 12.8 Å². The van der Waals surface area contributed by atoms with Crippen molar-refractivity contribution in [3.05, 3.63) is 0 Å². The summed E-state index contributed by atoms with van der Waals surface area (Å²) in [6, 6.07) is -0.793. The molecular formula is C13H22N2O4S. The number of ether oxygens (including phenoxy) is 1. The number of carboxylic acids is 1. The first-order chi connectivity index (χ1) is 9.52. The molecule has 0 saturated carbocycles. The molecule has 6 nitrogen and oxygen atoms in total. The van der Waals surface area contributed by atoms with Crippen molar-refractivity contribution >= 4 is 23.8 Å². The minimum atomic E-state index is -1.04. The predicted octanol–water partition coefficient (Wildman–Crippen LogP) is 1.06. The van der Waals surface area contributed by atoms with Crippen LogP contribution in [0.2, 0.25) is 0 Å². The fraction of sp³-hybridized carbons (Fsp3) is 0.846. The summed E-state index contributed by atoms with van der Waals surface area (Å²) in [5.41, 5.74) is -1.04. The molecule has 2 fully saturated rings. The van der Waals surface area contributed by atoms with Crippen molar-refractivity contribution in [2.24, 2.45) is 5.41 Å². The van der Waals surface area contributed by atoms with E-state index < -0.39 is 17.4 Å². The van der Waals surface area contributed by atoms with Gasteiger partial charge < -0.3 is 20.5 Å². The van der Waals surface area contributed by atoms with Crippen molar-refractivity contribution in [3.63, 3.8) is 0 Å². The van der Waals surface area contributed by atoms with Crippen LogP contribution < -0.4 is 10.6 Å². The number of thioether (sulfide) groups is 1. The number of carbonyl (C=O) groups excluding carboxylic acids is 1. The minimum Gasteiger partial charge on any atom is -0.481 e. The van der Waals surface area contributed by atoms with E-state index >= 15 is 0 Å². The molecule has 0 bridgehead atoms. The molecule has 114 valence electrons. The molecule has 0 aromatic heterocycles. The zero-order valence-corrected chi connectivity index (χ0v) is 12.5. The lowest BCUT2D eigenvalue weighted by atomic mass is 9.85. The number of rotatable bonds is 4. The molecular weight excluding hydrogens is 280 g/mol. The van der Waals surface area contributed by atoms with Crippen LogP contribution >= 0.6 is 11.8 Å². The van der Waals surface area contributed by atoms with Crippen molar-refractivity contribution in [3.8, 4) is 0 Å². The van der Waals surface area contributed by atoms with Crippen LogP contribution in [0, 0.1) is 5.41 Å². The minimum absolute atomic E-state index is 0.131. The van der Waals surface area contributed by atoms with Crippen molar-refractivity contribution in [2.75, 3.05) is 25.5 Å². The van der Waals surface area contributed by atoms with Gasteiger partial charge in [-0.1, -0.05) is 6.42 Å². The average molecular weight is 302 g/mol. The van der Waals surface area contributed by atoms with Crippen LogP contribution in [0.4, 0.5) is 4.79 Å². The third-order valence-corrected chi connectivity index (χ3v) is 5.41. The summed E-state index contributed by atoms with van der Waals surface area (Å²) in [6.45, 7) is 2.61. The maximum Gasteiger partial charge on any atom is 0.315 e. The molecule has 2 rings (SSSR count). The van der Waals surface area contributed by atoms with Gasteiger partial charge in [0.05, 0.1) is 19.3 Å². The molecule has 2 aliphatic heterocycles. The highest BCUT2D eigenvalue weighted by Gasteiger charge is 2.47. The molecule has 3 N–H and O–H groups in total. The van der Waals surface area contributed by atoms with Gasteiger partial charge in [0.1, 0.15) is 5.41 Å². The van der Waals surface area contributed by atoms with E-state index in [-0.39, 0.29) is 19.2 Å². The number of urea groups is 1. The summed E-state index contributed by atoms with van der Waals surface area (Å²) < 4.78 is 5.20. The quantitative estimate of drug-likeness (QED) is 0.723. The summed E-state index contributed by atoms with van der Waals surface area (Å²) in [5, 5.41) is 15.3. The standard InChI is InChI=1S/C13H22N2O4S/c1-13(11(16)17)8-19-7-10(13)15-12(18)14-6-9-4-2-3-5-20-9/h9-10H,2-8H2,1H3,(H,16,17)(H2,14,15,18). The molecule has 2 heterocycles. The van der Waals surface area contributed by atoms with Crippen LogP contribution in [-0.4, -0.2) is 53.9 Å². The molecule has 0 spiro atoms. The van der Waals surface area contributed by atoms with Gasteiger partial charge in [0.2, 0.25) is 0 Å². The number of amides is 2. The third-order valence-electron chi connectivity index (χ3n) is 4.01. The topological polar surface area (TPSA) is 87.7 Å². The van der Waals surface area contributed by atoms with Crippen molar-refractivity contribution < 1.29 is 19.4 Å². The molecule has 2 aliphatic rings. The smallest absolute Gasteiger partial charge is 0.315 e. The fourth-order valence-electron chi connectivity index (χ4n) is 2.47. The Labute approximate surface area is 123 Å². The Morgan fingerprint density at radius 3 is 2.90 bits per heavy atom. The Hall–Kier alpha value is -0.950. The monoisotopic (exact) mass is 302 g/mol. The van der Waals surface area contributed by atoms with Gasteiger partial charge in [-0.15, -0.1) is 0 Å². The molecule has 2 saturated heterocycles. The number of nitrogens with one attached hydrogen (secondary N) is 2. The number of hydrogen-bond donors (Lipinski definition) is 3. The highest BCUT2D eigenvalue weighted by molar-refractivity contribution is 7.99. The number of carboxylic acid groups (broad SMARTS) is 1. The summed E-state index contributed by atoms with van der Waals surface area (Å²) in [6.07, 6.45) is 3.60. The second kappa shape index (κ2) is 6.67. The first kappa shape index (κ1) is 15.4. The number of hydrogen-bond acceptors (Lipinski definition) is 4. The summed E-state index contributed by atoms with van der Waals surface area (Å²) in [5.74, 6) is 0.213. The molecule has 0 aromatic carbocycles. The molecule has 0 aliphatic carbocycles. The van der Waals surface area contributed by atoms with E-state index in [1.54, 1.807) is 6.92 Å². The molecule has 2 amide bonds. The van der Waals surface area contributed by atoms with Crippen LogP contribution in [0.1, 0.15) is 26.2 Å². The highest BCUT2D eigenvalue weighted by atomic mass is 32.2. The largest absolute Gasteiger partial charge is 0.481 e. The first-order valence-electron chi connectivity index (χ1n) is 6.99. The zero-order valence-electron chi connectivity index (χ0n) is 11.7. The summed E-state index contributed by atoms with van der Waals surface area (Å²) >= 11 is 1.89. The maximum atomic E-state index is 11.9. The molecule has 0 aromatic rings. The van der Waals surface area contributed by atoms with Gasteiger partial charge in [0.25, 0.3) is 0 Å². The SMILES string of the molecule is CC1(C(=O)O)COCC1NC(=O)NCC1CCCCS1. The molecule has 20 heavy (non-hydrogen) atoms. The van der Waals surface area contributed by atoms with Gasteiger partial charge in [-0.2, -0.15) is 11.8 Å². The Bertz CT molecular complexity index is 373. The molecule has 0 radical (unpaired) electrons. The average Bonchev–Trinajstić information content (AvgIpc) is 2.80. The van der Waals surface area contributed by atoms with E-state index in [0.717, 1.165) is 12.2 Å². The second-order valence-corrected chi connectivity index (χ2v) is 7.04. The van der Waals surface area contributed by atoms with Crippen molar-refractivity contribution in [1.82, 2.24) is 10.6 Å². The van der Waals surface area contributed by atoms with Crippen molar-refractivity contribution in [2.45, 2.75) is 37.5 Å². The maximum absolute atomic E-state index is 11.9. The lowest BCUT2D eigenvalue weighted by molar-refractivity contribution is -0.148. The van der Waals surface area contributed by atoms with Gasteiger partial charge in [-0.05, 0) is 25.5 Å². The second-order valence-electron chi connectivity index (χ2n) is 5.63. The Balaban J connectivity index is 1.77. The lowest BCUT2D eigenvalue weighted by Crippen LogP contribution is -2.53. The van der Waals surface area contributed by atoms with Crippen LogP contribution in [0.5, 0.6) is 0 Å². The van der Waals surface area contributed by atoms with Crippen LogP contribution in [0.25, 0.3) is 0 Å². The Morgan fingerprint density at radius 1 is 1.45 bits per heavy atom. The van der Waals surface area contributed by atoms with E-state index in [1.807, 2.05) is 11.8 Å². The van der Waals surface area contributed by atoms with Gasteiger partial charge in [-0.3, -0.25) is 4.79 Å². The highest BCUT2D eigenvalue weighted by Crippen LogP contribution is 2.28. The summed E-state index contributed by atoms with van der Waals surface area (Å²) in [4.78, 5) is 23.1. The van der Waals surface area contributed by atoms with E-state index in [4.69, 9.17) is 4.74 Å². The molecule has 3 atom stereocenters. The van der Waals surface area contributed by atoms with Gasteiger partial charge >= 0.3 is 12.0 Å². The van der Waals surface area contributed by atoms with E-state index in [2.05, 4.69) is 10.6 Å². The summed E-state index contributed by atoms with van der Waals surface area (Å²) in [7, 11) is 0. The Morgan fingerprint density at radius 2 is 2.25 bits per heavy atom. The third kappa shape index (κ3) is 3.58. The molecule has 7 heteroatoms. The van der Waals surface area contributed by atoms with E-state index in [9.17, 15) is 14.7 Å². The van der Waals surface area contributed by atoms with Crippen LogP contribution in [0.15, 0.2) is 0 Å². The number of carbonyl (C=O) groups is 2. The van der Waals surface area contributed by atoms with Crippen molar-refractivity contribution in [1.29, 1.82) is 0 Å². The fourth-order valence-corrected chi connectivity index (χ4v) is 3.71. The van der Waals surface area contributed by atoms with Crippen LogP contribution in [0.3, 0.4) is 0 Å². The van der Waals surface area contributed by atoms with E-state index in [0.29, 0.717) is 11.8 Å². The number of aliphatic carboxylic acids is 1. The molecule has 3 unspecified atom stereocenters.